The van der Waals surface area contributed by atoms with E-state index in [1.165, 1.54) is 12.2 Å². The van der Waals surface area contributed by atoms with Gasteiger partial charge in [0.2, 0.25) is 23.6 Å². The third-order valence-corrected chi connectivity index (χ3v) is 22.9. The highest BCUT2D eigenvalue weighted by Crippen LogP contribution is 2.55. The maximum Gasteiger partial charge on any atom is 0.407 e. The van der Waals surface area contributed by atoms with Crippen molar-refractivity contribution in [2.75, 3.05) is 91.2 Å². The predicted octanol–water partition coefficient (Wildman–Crippen LogP) is 2.91. The Kier molecular flexibility index (Phi) is 27.1. The molecule has 9 amide bonds. The first-order valence-corrected chi connectivity index (χ1v) is 38.5. The molecule has 12 aliphatic heterocycles. The van der Waals surface area contributed by atoms with Gasteiger partial charge in [0.1, 0.15) is 55.0 Å². The summed E-state index contributed by atoms with van der Waals surface area (Å²) in [5.41, 5.74) is 8.25. The molecule has 0 aliphatic carbocycles. The monoisotopic (exact) mass is 1500 g/mol. The number of carbonyl (C=O) groups is 9. The van der Waals surface area contributed by atoms with E-state index in [1.807, 2.05) is 4.90 Å². The molecule has 1 aromatic rings. The number of hydrogen-bond donors (Lipinski definition) is 7. The van der Waals surface area contributed by atoms with Crippen LogP contribution in [-0.4, -0.2) is 275 Å². The largest absolute Gasteiger partial charge is 0.445 e. The van der Waals surface area contributed by atoms with Crippen molar-refractivity contribution in [1.29, 1.82) is 0 Å². The van der Waals surface area contributed by atoms with Gasteiger partial charge in [-0.25, -0.2) is 9.59 Å². The number of Topliss-reactive ketones (excluding diaryl/α,β-unsaturated/α-hetero) is 1. The van der Waals surface area contributed by atoms with Gasteiger partial charge in [-0.15, -0.1) is 0 Å². The second kappa shape index (κ2) is 36.3. The SMILES string of the molecule is C=C1C[C@@H]2CC[C@@]34C[C@H]5OC6C(O[C@H]7CC[C@H](CC(=O)C[C@@H]8[C@@H](OC)[C@@H](C[C@H](O)CNC(=O)OCc9ccc(NC(=O)[C@H](CCCNC(N)=O)NC(=O)[C@@H](NC(=O)CN%10CCOCCN(C(=O)CCN%11C(=O)C=CC%11=O)CCOCC%10)C(C)C)cc9)O[C@H]8C[C@H]8O[C@@H](CC[C@@H]1O2)C[C@@H](C)C8=C)O[C@@H]7[C@@H]6O3)[C@H]5O4. The van der Waals surface area contributed by atoms with Gasteiger partial charge in [0.25, 0.3) is 11.8 Å². The Bertz CT molecular complexity index is 3370. The van der Waals surface area contributed by atoms with Crippen LogP contribution in [0.5, 0.6) is 0 Å². The van der Waals surface area contributed by atoms with Gasteiger partial charge in [-0.1, -0.05) is 46.1 Å². The first kappa shape index (κ1) is 79.7. The summed E-state index contributed by atoms with van der Waals surface area (Å²) in [6, 6.07) is 3.55. The molecule has 8 N–H and O–H groups in total. The van der Waals surface area contributed by atoms with Crippen molar-refractivity contribution < 1.29 is 105 Å². The summed E-state index contributed by atoms with van der Waals surface area (Å²) >= 11 is 0. The fourth-order valence-electron chi connectivity index (χ4n) is 17.2. The van der Waals surface area contributed by atoms with E-state index in [9.17, 15) is 48.3 Å². The zero-order valence-corrected chi connectivity index (χ0v) is 61.9. The molecule has 31 heteroatoms. The number of nitrogens with two attached hydrogens (primary N) is 1. The Morgan fingerprint density at radius 1 is 0.729 bits per heavy atom. The third-order valence-electron chi connectivity index (χ3n) is 22.9. The van der Waals surface area contributed by atoms with Gasteiger partial charge >= 0.3 is 12.1 Å². The van der Waals surface area contributed by atoms with Crippen LogP contribution in [0.4, 0.5) is 15.3 Å². The number of amides is 9. The zero-order chi connectivity index (χ0) is 75.6. The zero-order valence-electron chi connectivity index (χ0n) is 61.9. The van der Waals surface area contributed by atoms with E-state index in [-0.39, 0.29) is 183 Å². The summed E-state index contributed by atoms with van der Waals surface area (Å²) in [7, 11) is 1.58. The number of imide groups is 1. The normalized spacial score (nSPS) is 34.2. The first-order chi connectivity index (χ1) is 51.4. The molecule has 0 saturated carbocycles. The van der Waals surface area contributed by atoms with E-state index in [0.29, 0.717) is 56.4 Å². The Balaban J connectivity index is 0.613. The Hall–Kier alpha value is -6.85. The minimum atomic E-state index is -1.13. The molecular weight excluding hydrogens is 1390 g/mol. The summed E-state index contributed by atoms with van der Waals surface area (Å²) in [6.07, 6.45) is 2.91. The van der Waals surface area contributed by atoms with Gasteiger partial charge in [-0.3, -0.25) is 43.4 Å². The van der Waals surface area contributed by atoms with Crippen molar-refractivity contribution in [1.82, 2.24) is 36.0 Å². The highest BCUT2D eigenvalue weighted by Gasteiger charge is 2.69. The van der Waals surface area contributed by atoms with Crippen molar-refractivity contribution in [3.05, 3.63) is 66.3 Å². The smallest absolute Gasteiger partial charge is 0.407 e. The lowest BCUT2D eigenvalue weighted by Gasteiger charge is -2.47. The first-order valence-electron chi connectivity index (χ1n) is 38.5. The predicted molar refractivity (Wildman–Crippen MR) is 381 cm³/mol. The van der Waals surface area contributed by atoms with Crippen LogP contribution < -0.4 is 32.3 Å². The van der Waals surface area contributed by atoms with Crippen LogP contribution in [0.1, 0.15) is 129 Å². The summed E-state index contributed by atoms with van der Waals surface area (Å²) < 4.78 is 78.2. The van der Waals surface area contributed by atoms with Crippen LogP contribution in [-0.2, 0) is 97.0 Å². The third kappa shape index (κ3) is 20.2. The molecule has 0 aromatic heterocycles. The van der Waals surface area contributed by atoms with E-state index >= 15 is 0 Å². The number of alkyl carbamates (subject to hydrolysis) is 1. The van der Waals surface area contributed by atoms with Crippen molar-refractivity contribution in [3.8, 4) is 0 Å². The van der Waals surface area contributed by atoms with Crippen molar-refractivity contribution in [3.63, 3.8) is 0 Å². The van der Waals surface area contributed by atoms with Crippen LogP contribution in [0, 0.1) is 17.8 Å². The van der Waals surface area contributed by atoms with E-state index < -0.39 is 114 Å². The second-order valence-corrected chi connectivity index (χ2v) is 30.9. The minimum Gasteiger partial charge on any atom is -0.445 e. The summed E-state index contributed by atoms with van der Waals surface area (Å²) in [5, 5.41) is 25.2. The van der Waals surface area contributed by atoms with Crippen LogP contribution in [0.2, 0.25) is 0 Å². The van der Waals surface area contributed by atoms with Crippen LogP contribution in [0.3, 0.4) is 0 Å². The quantitative estimate of drug-likeness (QED) is 0.0498. The number of primary amides is 1. The molecule has 21 atom stereocenters. The van der Waals surface area contributed by atoms with Crippen LogP contribution in [0.25, 0.3) is 0 Å². The number of methoxy groups -OCH3 is 1. The van der Waals surface area contributed by atoms with E-state index in [0.717, 1.165) is 48.2 Å². The number of nitrogens with zero attached hydrogens (tertiary/aromatic N) is 3. The molecule has 0 radical (unpaired) electrons. The number of anilines is 1. The Labute approximate surface area is 624 Å². The molecule has 107 heavy (non-hydrogen) atoms. The topological polar surface area (TPSA) is 381 Å². The fourth-order valence-corrected chi connectivity index (χ4v) is 17.2. The Morgan fingerprint density at radius 3 is 2.15 bits per heavy atom. The molecule has 590 valence electrons. The maximum absolute atomic E-state index is 14.6. The lowest BCUT2D eigenvalue weighted by molar-refractivity contribution is -0.292. The highest BCUT2D eigenvalue weighted by molar-refractivity contribution is 6.13. The van der Waals surface area contributed by atoms with Gasteiger partial charge in [0, 0.05) is 122 Å². The van der Waals surface area contributed by atoms with Gasteiger partial charge in [-0.05, 0) is 98.5 Å². The number of ketones is 1. The van der Waals surface area contributed by atoms with Crippen LogP contribution in [0.15, 0.2) is 60.7 Å². The maximum atomic E-state index is 14.6. The van der Waals surface area contributed by atoms with Gasteiger partial charge < -0.3 is 99.2 Å². The number of urea groups is 1. The average molecular weight is 1500 g/mol. The molecule has 12 heterocycles. The molecular formula is C76H109N9O22. The fraction of sp³-hybridized carbons (Fsp3) is 0.724. The molecule has 1 aromatic carbocycles. The number of hydrogen-bond acceptors (Lipinski definition) is 23. The van der Waals surface area contributed by atoms with E-state index in [4.69, 9.17) is 62.6 Å². The van der Waals surface area contributed by atoms with Gasteiger partial charge in [0.05, 0.1) is 100 Å². The van der Waals surface area contributed by atoms with E-state index in [2.05, 4.69) is 46.7 Å². The summed E-state index contributed by atoms with van der Waals surface area (Å²) in [5.74, 6) is -4.40. The number of ether oxygens (including phenoxy) is 12. The molecule has 12 aliphatic rings. The average Bonchev–Trinajstić information content (AvgIpc) is 1.55. The number of carbonyl (C=O) groups excluding carboxylic acids is 9. The van der Waals surface area contributed by atoms with E-state index in [1.54, 1.807) is 50.1 Å². The Morgan fingerprint density at radius 2 is 1.42 bits per heavy atom. The minimum absolute atomic E-state index is 0.0102. The number of aliphatic hydroxyl groups is 1. The molecule has 13 rings (SSSR count). The van der Waals surface area contributed by atoms with Crippen molar-refractivity contribution >= 4 is 59.0 Å². The molecule has 11 saturated heterocycles. The molecule has 11 fully saturated rings. The summed E-state index contributed by atoms with van der Waals surface area (Å²) in [4.78, 5) is 122. The van der Waals surface area contributed by atoms with Gasteiger partial charge in [-0.2, -0.15) is 0 Å². The van der Waals surface area contributed by atoms with Crippen molar-refractivity contribution in [2.24, 2.45) is 23.5 Å². The lowest BCUT2D eigenvalue weighted by Crippen LogP contribution is -2.61. The number of aliphatic hydroxyl groups excluding tert-OH is 1. The molecule has 31 nitrogen and oxygen atoms in total. The van der Waals surface area contributed by atoms with Crippen molar-refractivity contribution in [2.45, 2.75) is 246 Å². The van der Waals surface area contributed by atoms with Gasteiger partial charge in [0.15, 0.2) is 5.79 Å². The number of benzene rings is 1. The lowest BCUT2D eigenvalue weighted by atomic mass is 9.81. The summed E-state index contributed by atoms with van der Waals surface area (Å²) in [6.45, 7) is 16.2. The standard InChI is InChI=1S/C76H109N9O22/c1-42(2)65(82-61(88)40-83-24-28-97-30-26-84(27-31-98-29-25-83)62(89)20-23-85-63(90)17-18-64(85)91)73(93)81-54(8-7-22-78-74(77)94)72(92)80-47-11-9-46(10-12-47)41-99-75(95)79-39-49(87)36-59-66(96-6)53-35-48(86)34-51-14-16-56-67(102-51)71-70-69(104-56)68-60(105-70)38-76(106-68,107-71)21-19-52-33-44(4)55(100-52)15-13-50-32-43(3)45(5)57(101-50)37-58(53)103-59/h9-12,17-18,42-43,49-60,65-71,87H,4-5,7-8,13-16,19-41H2,1-3,6H3,(H,79,95)(H,80,92)(H,81,93)(H,82,88)(H3,77,78,94)/t43-,49+,50+,51-,52+,53+,54+,55+,56+,57-,58+,59-,60-,65+,66-,67+,68+,69?,70?,71+,76+/m1/s1. The number of nitrogens with one attached hydrogen (secondary N) is 5. The van der Waals surface area contributed by atoms with Crippen LogP contribution >= 0.6 is 0 Å². The number of rotatable bonds is 22. The molecule has 12 bridgehead atoms. The second-order valence-electron chi connectivity index (χ2n) is 30.9. The number of fused-ring (bicyclic) bond motifs is 6. The highest BCUT2D eigenvalue weighted by atomic mass is 16.8. The molecule has 1 spiro atoms. The molecule has 2 unspecified atom stereocenters.